The van der Waals surface area contributed by atoms with Gasteiger partial charge in [0, 0.05) is 12.4 Å². The molecule has 1 atom stereocenters. The monoisotopic (exact) mass is 234 g/mol. The van der Waals surface area contributed by atoms with Gasteiger partial charge in [-0.2, -0.15) is 0 Å². The first kappa shape index (κ1) is 12.5. The van der Waals surface area contributed by atoms with E-state index < -0.39 is 0 Å². The van der Waals surface area contributed by atoms with Crippen LogP contribution < -0.4 is 11.3 Å². The van der Waals surface area contributed by atoms with Crippen LogP contribution in [0.2, 0.25) is 0 Å². The molecule has 0 spiro atoms. The molecule has 2 rings (SSSR count). The van der Waals surface area contributed by atoms with Crippen LogP contribution in [0.1, 0.15) is 50.8 Å². The van der Waals surface area contributed by atoms with Crippen molar-refractivity contribution in [3.05, 3.63) is 24.3 Å². The van der Waals surface area contributed by atoms with E-state index in [2.05, 4.69) is 22.3 Å². The van der Waals surface area contributed by atoms with E-state index in [1.165, 1.54) is 32.1 Å². The number of nitrogens with zero attached hydrogens (tertiary/aromatic N) is 2. The Labute approximate surface area is 103 Å². The third-order valence-corrected chi connectivity index (χ3v) is 4.02. The molecule has 0 aliphatic heterocycles. The molecule has 1 unspecified atom stereocenters. The molecule has 1 aliphatic rings. The second-order valence-electron chi connectivity index (χ2n) is 4.96. The fourth-order valence-corrected chi connectivity index (χ4v) is 2.86. The average molecular weight is 234 g/mol. The Hall–Kier alpha value is -1.00. The number of hydrazine groups is 1. The molecule has 3 N–H and O–H groups in total. The summed E-state index contributed by atoms with van der Waals surface area (Å²) in [6.07, 6.45) is 11.7. The molecule has 1 aromatic heterocycles. The van der Waals surface area contributed by atoms with Crippen molar-refractivity contribution in [2.75, 3.05) is 0 Å². The highest BCUT2D eigenvalue weighted by molar-refractivity contribution is 5.04. The van der Waals surface area contributed by atoms with Crippen LogP contribution in [0.25, 0.3) is 0 Å². The largest absolute Gasteiger partial charge is 0.271 e. The molecule has 0 amide bonds. The molecule has 0 saturated heterocycles. The highest BCUT2D eigenvalue weighted by Crippen LogP contribution is 2.36. The summed E-state index contributed by atoms with van der Waals surface area (Å²) in [7, 11) is 0. The number of hydrogen-bond donors (Lipinski definition) is 2. The molecule has 17 heavy (non-hydrogen) atoms. The fourth-order valence-electron chi connectivity index (χ4n) is 2.86. The lowest BCUT2D eigenvalue weighted by molar-refractivity contribution is 0.217. The molecule has 1 aliphatic carbocycles. The van der Waals surface area contributed by atoms with Crippen LogP contribution in [0.5, 0.6) is 0 Å². The van der Waals surface area contributed by atoms with Crippen LogP contribution in [0.3, 0.4) is 0 Å². The van der Waals surface area contributed by atoms with Gasteiger partial charge in [0.15, 0.2) is 0 Å². The topological polar surface area (TPSA) is 63.8 Å². The van der Waals surface area contributed by atoms with Crippen molar-refractivity contribution >= 4 is 0 Å². The average Bonchev–Trinajstić information content (AvgIpc) is 2.42. The Balaban J connectivity index is 2.00. The fraction of sp³-hybridized carbons (Fsp3) is 0.692. The molecule has 4 heteroatoms. The third-order valence-electron chi connectivity index (χ3n) is 4.02. The van der Waals surface area contributed by atoms with Gasteiger partial charge in [-0.1, -0.05) is 26.2 Å². The van der Waals surface area contributed by atoms with E-state index in [0.29, 0.717) is 5.92 Å². The van der Waals surface area contributed by atoms with E-state index in [9.17, 15) is 0 Å². The van der Waals surface area contributed by atoms with E-state index in [0.717, 1.165) is 11.6 Å². The number of nitrogens with one attached hydrogen (secondary N) is 1. The Morgan fingerprint density at radius 3 is 2.65 bits per heavy atom. The minimum Gasteiger partial charge on any atom is -0.271 e. The minimum atomic E-state index is 0.154. The van der Waals surface area contributed by atoms with Gasteiger partial charge in [0.05, 0.1) is 17.9 Å². The van der Waals surface area contributed by atoms with Crippen LogP contribution in [0.4, 0.5) is 0 Å². The van der Waals surface area contributed by atoms with Gasteiger partial charge >= 0.3 is 0 Å². The molecule has 1 saturated carbocycles. The Bertz CT molecular complexity index is 319. The minimum absolute atomic E-state index is 0.154. The standard InChI is InChI=1S/C13H22N4/c1-2-10-3-5-11(6-4-10)13(17-14)12-9-15-7-8-16-12/h7-11,13,17H,2-6,14H2,1H3. The zero-order valence-corrected chi connectivity index (χ0v) is 10.5. The van der Waals surface area contributed by atoms with E-state index >= 15 is 0 Å². The predicted octanol–water partition coefficient (Wildman–Crippen LogP) is 2.20. The van der Waals surface area contributed by atoms with E-state index in [1.807, 2.05) is 6.20 Å². The maximum absolute atomic E-state index is 5.69. The SMILES string of the molecule is CCC1CCC(C(NN)c2cnccn2)CC1. The summed E-state index contributed by atoms with van der Waals surface area (Å²) < 4.78 is 0. The molecule has 1 heterocycles. The summed E-state index contributed by atoms with van der Waals surface area (Å²) in [4.78, 5) is 8.48. The summed E-state index contributed by atoms with van der Waals surface area (Å²) >= 11 is 0. The first-order valence-corrected chi connectivity index (χ1v) is 6.57. The summed E-state index contributed by atoms with van der Waals surface area (Å²) in [5, 5.41) is 0. The first-order valence-electron chi connectivity index (χ1n) is 6.57. The van der Waals surface area contributed by atoms with Crippen molar-refractivity contribution < 1.29 is 0 Å². The number of aromatic nitrogens is 2. The Kier molecular flexibility index (Phi) is 4.45. The molecule has 1 aromatic rings. The van der Waals surface area contributed by atoms with E-state index in [4.69, 9.17) is 5.84 Å². The highest BCUT2D eigenvalue weighted by atomic mass is 15.2. The molecule has 1 fully saturated rings. The number of rotatable bonds is 4. The van der Waals surface area contributed by atoms with Crippen molar-refractivity contribution in [3.63, 3.8) is 0 Å². The van der Waals surface area contributed by atoms with Crippen LogP contribution >= 0.6 is 0 Å². The van der Waals surface area contributed by atoms with E-state index in [1.54, 1.807) is 12.4 Å². The number of nitrogens with two attached hydrogens (primary N) is 1. The molecule has 0 radical (unpaired) electrons. The van der Waals surface area contributed by atoms with Crippen LogP contribution in [0, 0.1) is 11.8 Å². The van der Waals surface area contributed by atoms with Crippen molar-refractivity contribution in [1.29, 1.82) is 0 Å². The van der Waals surface area contributed by atoms with Crippen LogP contribution in [-0.2, 0) is 0 Å². The number of hydrogen-bond acceptors (Lipinski definition) is 4. The predicted molar refractivity (Wildman–Crippen MR) is 67.8 cm³/mol. The maximum atomic E-state index is 5.69. The maximum Gasteiger partial charge on any atom is 0.0772 e. The Morgan fingerprint density at radius 1 is 1.35 bits per heavy atom. The smallest absolute Gasteiger partial charge is 0.0772 e. The third kappa shape index (κ3) is 3.01. The normalized spacial score (nSPS) is 26.7. The molecular formula is C13H22N4. The van der Waals surface area contributed by atoms with Gasteiger partial charge in [-0.05, 0) is 24.7 Å². The van der Waals surface area contributed by atoms with Crippen LogP contribution in [0.15, 0.2) is 18.6 Å². The summed E-state index contributed by atoms with van der Waals surface area (Å²) in [6, 6.07) is 0.154. The first-order chi connectivity index (χ1) is 8.35. The van der Waals surface area contributed by atoms with E-state index in [-0.39, 0.29) is 6.04 Å². The zero-order chi connectivity index (χ0) is 12.1. The molecule has 0 bridgehead atoms. The second-order valence-corrected chi connectivity index (χ2v) is 4.96. The van der Waals surface area contributed by atoms with Gasteiger partial charge in [0.25, 0.3) is 0 Å². The van der Waals surface area contributed by atoms with Gasteiger partial charge < -0.3 is 0 Å². The molecule has 0 aromatic carbocycles. The zero-order valence-electron chi connectivity index (χ0n) is 10.5. The van der Waals surface area contributed by atoms with Crippen molar-refractivity contribution in [2.24, 2.45) is 17.7 Å². The summed E-state index contributed by atoms with van der Waals surface area (Å²) in [6.45, 7) is 2.28. The lowest BCUT2D eigenvalue weighted by Gasteiger charge is -2.32. The van der Waals surface area contributed by atoms with Crippen molar-refractivity contribution in [2.45, 2.75) is 45.1 Å². The van der Waals surface area contributed by atoms with Gasteiger partial charge in [0.2, 0.25) is 0 Å². The molecule has 94 valence electrons. The van der Waals surface area contributed by atoms with Gasteiger partial charge in [0.1, 0.15) is 0 Å². The van der Waals surface area contributed by atoms with Gasteiger partial charge in [-0.3, -0.25) is 21.2 Å². The van der Waals surface area contributed by atoms with Crippen molar-refractivity contribution in [3.8, 4) is 0 Å². The quantitative estimate of drug-likeness (QED) is 0.619. The lowest BCUT2D eigenvalue weighted by atomic mass is 9.77. The van der Waals surface area contributed by atoms with Gasteiger partial charge in [-0.15, -0.1) is 0 Å². The summed E-state index contributed by atoms with van der Waals surface area (Å²) in [5.74, 6) is 7.19. The molecular weight excluding hydrogens is 212 g/mol. The highest BCUT2D eigenvalue weighted by Gasteiger charge is 2.28. The molecule has 4 nitrogen and oxygen atoms in total. The van der Waals surface area contributed by atoms with Gasteiger partial charge in [-0.25, -0.2) is 0 Å². The second kappa shape index (κ2) is 6.07. The van der Waals surface area contributed by atoms with Crippen molar-refractivity contribution in [1.82, 2.24) is 15.4 Å². The van der Waals surface area contributed by atoms with Crippen LogP contribution in [-0.4, -0.2) is 9.97 Å². The Morgan fingerprint density at radius 2 is 2.12 bits per heavy atom. The summed E-state index contributed by atoms with van der Waals surface area (Å²) in [5.41, 5.74) is 3.89. The lowest BCUT2D eigenvalue weighted by Crippen LogP contribution is -2.36.